The van der Waals surface area contributed by atoms with Crippen molar-refractivity contribution in [3.05, 3.63) is 35.6 Å². The summed E-state index contributed by atoms with van der Waals surface area (Å²) in [5.41, 5.74) is 4.69. The standard InChI is InChI=1S/C18H24FN3O5/c1-9(2)13(21-15(23)11-7-5-6-8-12(11)19)17(25)27-14(10(3)4)16(24)22-18(20)26/h5-10,13-14H,1-4H3,(H,21,23)(H3,20,22,24,26)/t13-,14+/m0/s1. The number of carbonyl (C=O) groups is 4. The van der Waals surface area contributed by atoms with Crippen LogP contribution in [0.5, 0.6) is 0 Å². The Morgan fingerprint density at radius 2 is 1.63 bits per heavy atom. The zero-order valence-corrected chi connectivity index (χ0v) is 15.6. The summed E-state index contributed by atoms with van der Waals surface area (Å²) in [5.74, 6) is -4.12. The number of ether oxygens (including phenoxy) is 1. The monoisotopic (exact) mass is 381 g/mol. The molecule has 4 amide bonds. The third-order valence-electron chi connectivity index (χ3n) is 3.68. The van der Waals surface area contributed by atoms with E-state index < -0.39 is 53.6 Å². The number of benzene rings is 1. The maximum absolute atomic E-state index is 13.8. The Bertz CT molecular complexity index is 721. The number of rotatable bonds is 7. The summed E-state index contributed by atoms with van der Waals surface area (Å²) in [5, 5.41) is 4.28. The molecule has 0 aliphatic heterocycles. The van der Waals surface area contributed by atoms with Crippen molar-refractivity contribution in [2.75, 3.05) is 0 Å². The largest absolute Gasteiger partial charge is 0.450 e. The van der Waals surface area contributed by atoms with E-state index in [-0.39, 0.29) is 5.56 Å². The van der Waals surface area contributed by atoms with Gasteiger partial charge in [0.25, 0.3) is 11.8 Å². The van der Waals surface area contributed by atoms with Crippen molar-refractivity contribution >= 4 is 23.8 Å². The van der Waals surface area contributed by atoms with E-state index >= 15 is 0 Å². The second-order valence-electron chi connectivity index (χ2n) is 6.63. The summed E-state index contributed by atoms with van der Waals surface area (Å²) in [6.45, 7) is 6.53. The van der Waals surface area contributed by atoms with Gasteiger partial charge in [0.15, 0.2) is 6.10 Å². The van der Waals surface area contributed by atoms with E-state index in [0.717, 1.165) is 6.07 Å². The van der Waals surface area contributed by atoms with E-state index in [1.54, 1.807) is 27.7 Å². The van der Waals surface area contributed by atoms with Gasteiger partial charge in [-0.1, -0.05) is 39.8 Å². The number of nitrogens with one attached hydrogen (secondary N) is 2. The molecule has 2 atom stereocenters. The van der Waals surface area contributed by atoms with Crippen molar-refractivity contribution in [3.63, 3.8) is 0 Å². The van der Waals surface area contributed by atoms with Gasteiger partial charge in [-0.15, -0.1) is 0 Å². The fraction of sp³-hybridized carbons (Fsp3) is 0.444. The maximum atomic E-state index is 13.8. The molecule has 0 heterocycles. The van der Waals surface area contributed by atoms with Gasteiger partial charge in [-0.25, -0.2) is 14.0 Å². The van der Waals surface area contributed by atoms with Crippen LogP contribution in [-0.4, -0.2) is 36.0 Å². The third kappa shape index (κ3) is 6.36. The van der Waals surface area contributed by atoms with Crippen LogP contribution >= 0.6 is 0 Å². The molecule has 4 N–H and O–H groups in total. The van der Waals surface area contributed by atoms with Gasteiger partial charge < -0.3 is 15.8 Å². The summed E-state index contributed by atoms with van der Waals surface area (Å²) in [6.07, 6.45) is -1.28. The molecule has 0 saturated carbocycles. The molecule has 0 radical (unpaired) electrons. The Morgan fingerprint density at radius 3 is 2.11 bits per heavy atom. The van der Waals surface area contributed by atoms with Gasteiger partial charge >= 0.3 is 12.0 Å². The minimum atomic E-state index is -1.28. The summed E-state index contributed by atoms with van der Waals surface area (Å²) < 4.78 is 19.0. The van der Waals surface area contributed by atoms with E-state index in [9.17, 15) is 23.6 Å². The van der Waals surface area contributed by atoms with E-state index in [0.29, 0.717) is 0 Å². The van der Waals surface area contributed by atoms with Gasteiger partial charge in [0, 0.05) is 0 Å². The summed E-state index contributed by atoms with van der Waals surface area (Å²) in [6, 6.07) is 3.13. The lowest BCUT2D eigenvalue weighted by Crippen LogP contribution is -2.50. The first kappa shape index (κ1) is 22.1. The summed E-state index contributed by atoms with van der Waals surface area (Å²) >= 11 is 0. The van der Waals surface area contributed by atoms with Gasteiger partial charge in [-0.05, 0) is 24.0 Å². The van der Waals surface area contributed by atoms with Crippen molar-refractivity contribution < 1.29 is 28.3 Å². The second-order valence-corrected chi connectivity index (χ2v) is 6.63. The summed E-state index contributed by atoms with van der Waals surface area (Å²) in [7, 11) is 0. The number of hydrogen-bond donors (Lipinski definition) is 3. The Hall–Kier alpha value is -2.97. The average Bonchev–Trinajstić information content (AvgIpc) is 2.56. The number of urea groups is 1. The number of primary amides is 1. The Kier molecular flexibility index (Phi) is 7.89. The molecule has 148 valence electrons. The molecule has 0 aromatic heterocycles. The highest BCUT2D eigenvalue weighted by atomic mass is 19.1. The molecular weight excluding hydrogens is 357 g/mol. The van der Waals surface area contributed by atoms with E-state index in [1.165, 1.54) is 18.2 Å². The zero-order chi connectivity index (χ0) is 20.7. The quantitative estimate of drug-likeness (QED) is 0.614. The first-order chi connectivity index (χ1) is 12.5. The normalized spacial score (nSPS) is 13.0. The van der Waals surface area contributed by atoms with Crippen molar-refractivity contribution in [2.45, 2.75) is 39.8 Å². The van der Waals surface area contributed by atoms with Gasteiger partial charge in [0.05, 0.1) is 5.56 Å². The number of hydrogen-bond acceptors (Lipinski definition) is 5. The topological polar surface area (TPSA) is 128 Å². The van der Waals surface area contributed by atoms with E-state index in [2.05, 4.69) is 5.32 Å². The minimum Gasteiger partial charge on any atom is -0.450 e. The first-order valence-electron chi connectivity index (χ1n) is 8.40. The lowest BCUT2D eigenvalue weighted by molar-refractivity contribution is -0.161. The molecule has 1 aromatic carbocycles. The SMILES string of the molecule is CC(C)[C@H](NC(=O)c1ccccc1F)C(=O)O[C@@H](C(=O)NC(N)=O)C(C)C. The molecule has 8 nitrogen and oxygen atoms in total. The fourth-order valence-electron chi connectivity index (χ4n) is 2.25. The molecule has 0 unspecified atom stereocenters. The van der Waals surface area contributed by atoms with Gasteiger partial charge in [-0.2, -0.15) is 0 Å². The number of halogens is 1. The van der Waals surface area contributed by atoms with E-state index in [1.807, 2.05) is 5.32 Å². The lowest BCUT2D eigenvalue weighted by Gasteiger charge is -2.25. The molecule has 0 bridgehead atoms. The Morgan fingerprint density at radius 1 is 1.04 bits per heavy atom. The van der Waals surface area contributed by atoms with Crippen molar-refractivity contribution in [3.8, 4) is 0 Å². The fourth-order valence-corrected chi connectivity index (χ4v) is 2.25. The van der Waals surface area contributed by atoms with Crippen LogP contribution in [0.4, 0.5) is 9.18 Å². The molecular formula is C18H24FN3O5. The smallest absolute Gasteiger partial charge is 0.329 e. The number of imide groups is 1. The number of carbonyl (C=O) groups excluding carboxylic acids is 4. The van der Waals surface area contributed by atoms with Crippen LogP contribution in [-0.2, 0) is 14.3 Å². The molecule has 1 aromatic rings. The van der Waals surface area contributed by atoms with Gasteiger partial charge in [0.2, 0.25) is 0 Å². The predicted octanol–water partition coefficient (Wildman–Crippen LogP) is 1.34. The van der Waals surface area contributed by atoms with E-state index in [4.69, 9.17) is 10.5 Å². The van der Waals surface area contributed by atoms with Crippen molar-refractivity contribution in [2.24, 2.45) is 17.6 Å². The van der Waals surface area contributed by atoms with Crippen LogP contribution in [0.15, 0.2) is 24.3 Å². The average molecular weight is 381 g/mol. The van der Waals surface area contributed by atoms with Crippen LogP contribution in [0.25, 0.3) is 0 Å². The molecule has 27 heavy (non-hydrogen) atoms. The number of nitrogens with two attached hydrogens (primary N) is 1. The first-order valence-corrected chi connectivity index (χ1v) is 8.40. The van der Waals surface area contributed by atoms with Gasteiger partial charge in [-0.3, -0.25) is 14.9 Å². The molecule has 0 saturated heterocycles. The molecule has 0 fully saturated rings. The van der Waals surface area contributed by atoms with Crippen LogP contribution < -0.4 is 16.4 Å². The molecule has 0 aliphatic carbocycles. The predicted molar refractivity (Wildman–Crippen MR) is 94.9 cm³/mol. The van der Waals surface area contributed by atoms with Crippen LogP contribution in [0.2, 0.25) is 0 Å². The second kappa shape index (κ2) is 9.65. The molecule has 9 heteroatoms. The number of esters is 1. The van der Waals surface area contributed by atoms with Crippen LogP contribution in [0.3, 0.4) is 0 Å². The lowest BCUT2D eigenvalue weighted by atomic mass is 10.0. The number of amides is 4. The maximum Gasteiger partial charge on any atom is 0.329 e. The molecule has 0 aliphatic rings. The highest BCUT2D eigenvalue weighted by Gasteiger charge is 2.33. The van der Waals surface area contributed by atoms with Gasteiger partial charge in [0.1, 0.15) is 11.9 Å². The highest BCUT2D eigenvalue weighted by Crippen LogP contribution is 2.13. The third-order valence-corrected chi connectivity index (χ3v) is 3.68. The van der Waals surface area contributed by atoms with Crippen molar-refractivity contribution in [1.29, 1.82) is 0 Å². The minimum absolute atomic E-state index is 0.220. The van der Waals surface area contributed by atoms with Crippen LogP contribution in [0.1, 0.15) is 38.1 Å². The summed E-state index contributed by atoms with van der Waals surface area (Å²) in [4.78, 5) is 47.6. The van der Waals surface area contributed by atoms with Crippen LogP contribution in [0, 0.1) is 17.7 Å². The Labute approximate surface area is 156 Å². The zero-order valence-electron chi connectivity index (χ0n) is 15.6. The highest BCUT2D eigenvalue weighted by molar-refractivity contribution is 5.98. The molecule has 0 spiro atoms. The van der Waals surface area contributed by atoms with Crippen molar-refractivity contribution in [1.82, 2.24) is 10.6 Å². The molecule has 1 rings (SSSR count). The Balaban J connectivity index is 2.94.